The predicted octanol–water partition coefficient (Wildman–Crippen LogP) is 2.24. The van der Waals surface area contributed by atoms with Gasteiger partial charge in [-0.25, -0.2) is 0 Å². The number of nitrogens with one attached hydrogen (secondary N) is 1. The lowest BCUT2D eigenvalue weighted by molar-refractivity contribution is -0.131. The average Bonchev–Trinajstić information content (AvgIpc) is 3.07. The molecule has 0 spiro atoms. The Morgan fingerprint density at radius 1 is 1.08 bits per heavy atom. The largest absolute Gasteiger partial charge is 0.347 e. The van der Waals surface area contributed by atoms with Crippen LogP contribution in [0.1, 0.15) is 28.9 Å². The lowest BCUT2D eigenvalue weighted by atomic mass is 9.90. The summed E-state index contributed by atoms with van der Waals surface area (Å²) in [5.74, 6) is 0.421. The fourth-order valence-corrected chi connectivity index (χ4v) is 3.39. The zero-order valence-corrected chi connectivity index (χ0v) is 14.6. The van der Waals surface area contributed by atoms with Crippen LogP contribution < -0.4 is 5.32 Å². The van der Waals surface area contributed by atoms with Gasteiger partial charge in [-0.05, 0) is 42.9 Å². The van der Waals surface area contributed by atoms with Gasteiger partial charge in [-0.2, -0.15) is 0 Å². The fourth-order valence-electron chi connectivity index (χ4n) is 3.39. The number of amides is 2. The molecular formula is C20H25N3O2. The van der Waals surface area contributed by atoms with Gasteiger partial charge in [0, 0.05) is 26.3 Å². The van der Waals surface area contributed by atoms with E-state index in [1.807, 2.05) is 30.3 Å². The van der Waals surface area contributed by atoms with Crippen molar-refractivity contribution in [1.82, 2.24) is 14.8 Å². The normalized spacial score (nSPS) is 15.2. The number of aromatic nitrogens is 1. The maximum absolute atomic E-state index is 12.3. The molecule has 1 aromatic carbocycles. The molecule has 0 saturated carbocycles. The second kappa shape index (κ2) is 8.01. The van der Waals surface area contributed by atoms with Crippen LogP contribution >= 0.6 is 0 Å². The molecule has 1 N–H and O–H groups in total. The van der Waals surface area contributed by atoms with Gasteiger partial charge in [0.2, 0.25) is 5.91 Å². The van der Waals surface area contributed by atoms with Crippen LogP contribution in [0.4, 0.5) is 0 Å². The van der Waals surface area contributed by atoms with Crippen molar-refractivity contribution in [1.29, 1.82) is 0 Å². The number of hydrogen-bond acceptors (Lipinski definition) is 2. The molecule has 2 heterocycles. The third-order valence-electron chi connectivity index (χ3n) is 4.91. The fraction of sp³-hybridized carbons (Fsp3) is 0.400. The Hall–Kier alpha value is -2.56. The van der Waals surface area contributed by atoms with E-state index in [0.717, 1.165) is 32.4 Å². The van der Waals surface area contributed by atoms with E-state index in [1.54, 1.807) is 10.6 Å². The molecule has 1 aliphatic rings. The molecule has 0 radical (unpaired) electrons. The number of carbonyl (C=O) groups is 2. The van der Waals surface area contributed by atoms with Crippen molar-refractivity contribution in [2.24, 2.45) is 13.0 Å². The summed E-state index contributed by atoms with van der Waals surface area (Å²) < 4.78 is 1.74. The minimum Gasteiger partial charge on any atom is -0.347 e. The molecule has 2 amide bonds. The van der Waals surface area contributed by atoms with Crippen molar-refractivity contribution >= 4 is 11.8 Å². The first-order chi connectivity index (χ1) is 12.1. The van der Waals surface area contributed by atoms with Crippen LogP contribution in [0.15, 0.2) is 48.7 Å². The van der Waals surface area contributed by atoms with Crippen molar-refractivity contribution in [3.05, 3.63) is 59.9 Å². The van der Waals surface area contributed by atoms with E-state index in [9.17, 15) is 9.59 Å². The maximum atomic E-state index is 12.3. The molecule has 3 rings (SSSR count). The third kappa shape index (κ3) is 4.50. The summed E-state index contributed by atoms with van der Waals surface area (Å²) in [5, 5.41) is 2.72. The van der Waals surface area contributed by atoms with Crippen LogP contribution in [0.2, 0.25) is 0 Å². The Balaban J connectivity index is 1.42. The van der Waals surface area contributed by atoms with Gasteiger partial charge in [0.1, 0.15) is 5.69 Å². The average molecular weight is 339 g/mol. The first-order valence-corrected chi connectivity index (χ1v) is 8.84. The van der Waals surface area contributed by atoms with Crippen molar-refractivity contribution < 1.29 is 9.59 Å². The second-order valence-corrected chi connectivity index (χ2v) is 6.70. The number of rotatable bonds is 5. The summed E-state index contributed by atoms with van der Waals surface area (Å²) in [7, 11) is 1.81. The minimum absolute atomic E-state index is 0.000667. The summed E-state index contributed by atoms with van der Waals surface area (Å²) in [4.78, 5) is 26.3. The van der Waals surface area contributed by atoms with Gasteiger partial charge in [-0.15, -0.1) is 0 Å². The van der Waals surface area contributed by atoms with E-state index in [4.69, 9.17) is 0 Å². The van der Waals surface area contributed by atoms with Gasteiger partial charge in [0.25, 0.3) is 5.91 Å². The van der Waals surface area contributed by atoms with Crippen molar-refractivity contribution in [3.63, 3.8) is 0 Å². The first kappa shape index (κ1) is 17.3. The lowest BCUT2D eigenvalue weighted by Gasteiger charge is -2.32. The number of aryl methyl sites for hydroxylation is 1. The molecule has 1 fully saturated rings. The van der Waals surface area contributed by atoms with Crippen LogP contribution in [0.5, 0.6) is 0 Å². The topological polar surface area (TPSA) is 54.3 Å². The highest BCUT2D eigenvalue weighted by atomic mass is 16.2. The van der Waals surface area contributed by atoms with Gasteiger partial charge >= 0.3 is 0 Å². The van der Waals surface area contributed by atoms with E-state index >= 15 is 0 Å². The van der Waals surface area contributed by atoms with Gasteiger partial charge in [-0.3, -0.25) is 9.59 Å². The number of piperidine rings is 1. The molecule has 0 unspecified atom stereocenters. The van der Waals surface area contributed by atoms with E-state index in [0.29, 0.717) is 11.6 Å². The number of carbonyl (C=O) groups excluding carboxylic acids is 2. The zero-order valence-electron chi connectivity index (χ0n) is 14.6. The van der Waals surface area contributed by atoms with Gasteiger partial charge in [0.05, 0.1) is 6.54 Å². The van der Waals surface area contributed by atoms with Crippen LogP contribution in [0, 0.1) is 5.92 Å². The van der Waals surface area contributed by atoms with Gasteiger partial charge in [0.15, 0.2) is 0 Å². The smallest absolute Gasteiger partial charge is 0.268 e. The standard InChI is InChI=1S/C20H25N3O2/c1-22-11-5-8-18(22)20(25)21-15-19(24)23-12-9-17(10-13-23)14-16-6-3-2-4-7-16/h2-8,11,17H,9-10,12-15H2,1H3,(H,21,25). The van der Waals surface area contributed by atoms with E-state index in [1.165, 1.54) is 5.56 Å². The molecular weight excluding hydrogens is 314 g/mol. The summed E-state index contributed by atoms with van der Waals surface area (Å²) in [6.07, 6.45) is 4.93. The highest BCUT2D eigenvalue weighted by Crippen LogP contribution is 2.21. The van der Waals surface area contributed by atoms with Gasteiger partial charge in [-0.1, -0.05) is 30.3 Å². The Kier molecular flexibility index (Phi) is 5.53. The van der Waals surface area contributed by atoms with Crippen LogP contribution in [0.25, 0.3) is 0 Å². The molecule has 1 aromatic heterocycles. The van der Waals surface area contributed by atoms with Crippen molar-refractivity contribution in [3.8, 4) is 0 Å². The molecule has 0 bridgehead atoms. The molecule has 25 heavy (non-hydrogen) atoms. The molecule has 1 aliphatic heterocycles. The van der Waals surface area contributed by atoms with Gasteiger partial charge < -0.3 is 14.8 Å². The monoisotopic (exact) mass is 339 g/mol. The maximum Gasteiger partial charge on any atom is 0.268 e. The summed E-state index contributed by atoms with van der Waals surface area (Å²) >= 11 is 0. The molecule has 5 nitrogen and oxygen atoms in total. The van der Waals surface area contributed by atoms with E-state index in [-0.39, 0.29) is 18.4 Å². The molecule has 2 aromatic rings. The summed E-state index contributed by atoms with van der Waals surface area (Å²) in [5.41, 5.74) is 1.93. The zero-order chi connectivity index (χ0) is 17.6. The number of likely N-dealkylation sites (tertiary alicyclic amines) is 1. The second-order valence-electron chi connectivity index (χ2n) is 6.70. The number of hydrogen-bond donors (Lipinski definition) is 1. The Bertz CT molecular complexity index is 716. The Labute approximate surface area is 148 Å². The molecule has 0 atom stereocenters. The van der Waals surface area contributed by atoms with Crippen LogP contribution in [-0.4, -0.2) is 40.9 Å². The van der Waals surface area contributed by atoms with Crippen molar-refractivity contribution in [2.45, 2.75) is 19.3 Å². The molecule has 5 heteroatoms. The first-order valence-electron chi connectivity index (χ1n) is 8.84. The van der Waals surface area contributed by atoms with Crippen LogP contribution in [-0.2, 0) is 18.3 Å². The van der Waals surface area contributed by atoms with E-state index in [2.05, 4.69) is 29.6 Å². The lowest BCUT2D eigenvalue weighted by Crippen LogP contribution is -2.44. The van der Waals surface area contributed by atoms with Crippen LogP contribution in [0.3, 0.4) is 0 Å². The number of nitrogens with zero attached hydrogens (tertiary/aromatic N) is 2. The highest BCUT2D eigenvalue weighted by molar-refractivity contribution is 5.95. The van der Waals surface area contributed by atoms with Crippen molar-refractivity contribution in [2.75, 3.05) is 19.6 Å². The predicted molar refractivity (Wildman–Crippen MR) is 97.2 cm³/mol. The molecule has 0 aliphatic carbocycles. The SMILES string of the molecule is Cn1cccc1C(=O)NCC(=O)N1CCC(Cc2ccccc2)CC1. The Morgan fingerprint density at radius 2 is 1.80 bits per heavy atom. The summed E-state index contributed by atoms with van der Waals surface area (Å²) in [6.45, 7) is 1.61. The number of benzene rings is 1. The Morgan fingerprint density at radius 3 is 2.44 bits per heavy atom. The third-order valence-corrected chi connectivity index (χ3v) is 4.91. The minimum atomic E-state index is -0.209. The highest BCUT2D eigenvalue weighted by Gasteiger charge is 2.23. The summed E-state index contributed by atoms with van der Waals surface area (Å²) in [6, 6.07) is 14.1. The molecule has 132 valence electrons. The van der Waals surface area contributed by atoms with E-state index < -0.39 is 0 Å². The quantitative estimate of drug-likeness (QED) is 0.908. The molecule has 1 saturated heterocycles.